The van der Waals surface area contributed by atoms with Gasteiger partial charge < -0.3 is 15.2 Å². The number of thiophene rings is 1. The molecule has 0 unspecified atom stereocenters. The van der Waals surface area contributed by atoms with E-state index in [1.165, 1.54) is 11.3 Å². The summed E-state index contributed by atoms with van der Waals surface area (Å²) in [5.41, 5.74) is 0.368. The molecule has 1 aromatic carbocycles. The minimum atomic E-state index is -0.807. The third-order valence-corrected chi connectivity index (χ3v) is 6.64. The van der Waals surface area contributed by atoms with Crippen molar-refractivity contribution in [1.82, 2.24) is 0 Å². The number of carbonyl (C=O) groups excluding carboxylic acids is 2. The van der Waals surface area contributed by atoms with Crippen molar-refractivity contribution in [3.8, 4) is 11.8 Å². The fraction of sp³-hybridized carbons (Fsp3) is 0.286. The van der Waals surface area contributed by atoms with E-state index >= 15 is 0 Å². The maximum atomic E-state index is 12.8. The van der Waals surface area contributed by atoms with Gasteiger partial charge in [-0.1, -0.05) is 0 Å². The van der Waals surface area contributed by atoms with E-state index in [0.29, 0.717) is 17.0 Å². The fourth-order valence-corrected chi connectivity index (χ4v) is 5.10. The first-order valence-corrected chi connectivity index (χ1v) is 11.3. The predicted molar refractivity (Wildman–Crippen MR) is 122 cm³/mol. The molecule has 0 saturated carbocycles. The second-order valence-electron chi connectivity index (χ2n) is 6.88. The number of ether oxygens (including phenoxy) is 1. The Hall–Kier alpha value is -3.23. The number of halogens is 1. The summed E-state index contributed by atoms with van der Waals surface area (Å²) in [5.74, 6) is -1.70. The predicted octanol–water partition coefficient (Wildman–Crippen LogP) is 4.73. The first-order valence-electron chi connectivity index (χ1n) is 9.68. The molecule has 0 aliphatic heterocycles. The van der Waals surface area contributed by atoms with Crippen LogP contribution in [0, 0.1) is 21.4 Å². The highest BCUT2D eigenvalue weighted by Crippen LogP contribution is 2.39. The number of anilines is 1. The topological polar surface area (TPSA) is 143 Å². The molecule has 32 heavy (non-hydrogen) atoms. The number of carbonyl (C=O) groups is 2. The lowest BCUT2D eigenvalue weighted by molar-refractivity contribution is -0.385. The van der Waals surface area contributed by atoms with Gasteiger partial charge in [-0.15, -0.1) is 11.3 Å². The van der Waals surface area contributed by atoms with Crippen LogP contribution in [0.15, 0.2) is 22.2 Å². The number of esters is 1. The van der Waals surface area contributed by atoms with Crippen molar-refractivity contribution in [3.63, 3.8) is 0 Å². The molecule has 166 valence electrons. The van der Waals surface area contributed by atoms with E-state index in [4.69, 9.17) is 4.74 Å². The second kappa shape index (κ2) is 9.93. The third kappa shape index (κ3) is 4.81. The maximum absolute atomic E-state index is 12.8. The molecule has 9 nitrogen and oxygen atoms in total. The minimum absolute atomic E-state index is 0.0474. The molecule has 1 aliphatic carbocycles. The molecule has 11 heteroatoms. The normalized spacial score (nSPS) is 13.1. The van der Waals surface area contributed by atoms with E-state index in [1.807, 2.05) is 0 Å². The van der Waals surface area contributed by atoms with Crippen LogP contribution >= 0.6 is 27.3 Å². The zero-order chi connectivity index (χ0) is 23.4. The van der Waals surface area contributed by atoms with Crippen molar-refractivity contribution in [2.24, 2.45) is 0 Å². The van der Waals surface area contributed by atoms with E-state index in [0.717, 1.165) is 47.9 Å². The number of hydrogen-bond donors (Lipinski definition) is 2. The monoisotopic (exact) mass is 519 g/mol. The maximum Gasteiger partial charge on any atom is 0.341 e. The van der Waals surface area contributed by atoms with E-state index < -0.39 is 22.4 Å². The van der Waals surface area contributed by atoms with Crippen molar-refractivity contribution >= 4 is 55.9 Å². The number of nitriles is 1. The van der Waals surface area contributed by atoms with E-state index in [-0.39, 0.29) is 28.1 Å². The zero-order valence-electron chi connectivity index (χ0n) is 16.9. The zero-order valence-corrected chi connectivity index (χ0v) is 19.3. The smallest absolute Gasteiger partial charge is 0.341 e. The number of phenols is 1. The molecule has 1 heterocycles. The van der Waals surface area contributed by atoms with Gasteiger partial charge in [0.25, 0.3) is 11.6 Å². The molecular weight excluding hydrogens is 502 g/mol. The molecule has 0 bridgehead atoms. The summed E-state index contributed by atoms with van der Waals surface area (Å²) in [6, 6.07) is 3.91. The van der Waals surface area contributed by atoms with Gasteiger partial charge in [0, 0.05) is 22.6 Å². The lowest BCUT2D eigenvalue weighted by Crippen LogP contribution is -2.16. The number of nitrogens with one attached hydrogen (secondary N) is 1. The van der Waals surface area contributed by atoms with Crippen molar-refractivity contribution in [2.75, 3.05) is 11.9 Å². The number of nitro benzene ring substituents is 1. The molecule has 2 N–H and O–H groups in total. The van der Waals surface area contributed by atoms with Crippen molar-refractivity contribution < 1.29 is 24.4 Å². The molecule has 0 radical (unpaired) electrons. The van der Waals surface area contributed by atoms with Gasteiger partial charge in [0.1, 0.15) is 22.4 Å². The number of fused-ring (bicyclic) bond motifs is 1. The number of aromatic hydroxyl groups is 1. The summed E-state index contributed by atoms with van der Waals surface area (Å²) in [7, 11) is 0. The van der Waals surface area contributed by atoms with E-state index in [9.17, 15) is 30.1 Å². The van der Waals surface area contributed by atoms with Gasteiger partial charge in [-0.05, 0) is 60.2 Å². The number of nitro groups is 1. The van der Waals surface area contributed by atoms with Gasteiger partial charge in [-0.2, -0.15) is 5.26 Å². The Morgan fingerprint density at radius 2 is 2.12 bits per heavy atom. The molecular formula is C21H18BrN3O6S. The number of hydrogen-bond acceptors (Lipinski definition) is 8. The van der Waals surface area contributed by atoms with Gasteiger partial charge in [-0.25, -0.2) is 4.79 Å². The van der Waals surface area contributed by atoms with Crippen LogP contribution in [-0.4, -0.2) is 28.5 Å². The average molecular weight is 520 g/mol. The minimum Gasteiger partial charge on any atom is -0.506 e. The highest BCUT2D eigenvalue weighted by molar-refractivity contribution is 9.10. The molecule has 2 aromatic rings. The Morgan fingerprint density at radius 1 is 1.41 bits per heavy atom. The molecule has 0 saturated heterocycles. The molecule has 3 rings (SSSR count). The van der Waals surface area contributed by atoms with Crippen LogP contribution in [-0.2, 0) is 22.4 Å². The second-order valence-corrected chi connectivity index (χ2v) is 8.84. The SMILES string of the molecule is CCOC(=O)c1c(NC(=O)/C(C#N)=C/c2cc([N+](=O)[O-])cc(Br)c2O)sc2c1CCCC2. The number of non-ortho nitro benzene ring substituents is 1. The van der Waals surface area contributed by atoms with Crippen molar-refractivity contribution in [2.45, 2.75) is 32.6 Å². The Morgan fingerprint density at radius 3 is 2.78 bits per heavy atom. The molecule has 0 fully saturated rings. The van der Waals surface area contributed by atoms with Crippen LogP contribution in [0.4, 0.5) is 10.7 Å². The Kier molecular flexibility index (Phi) is 7.27. The van der Waals surface area contributed by atoms with Crippen molar-refractivity contribution in [3.05, 3.63) is 53.9 Å². The van der Waals surface area contributed by atoms with Crippen LogP contribution < -0.4 is 5.32 Å². The van der Waals surface area contributed by atoms with Crippen LogP contribution in [0.3, 0.4) is 0 Å². The quantitative estimate of drug-likeness (QED) is 0.184. The summed E-state index contributed by atoms with van der Waals surface area (Å²) in [5, 5.41) is 33.7. The largest absolute Gasteiger partial charge is 0.506 e. The lowest BCUT2D eigenvalue weighted by Gasteiger charge is -2.12. The Labute approximate surface area is 195 Å². The van der Waals surface area contributed by atoms with Crippen LogP contribution in [0.5, 0.6) is 5.75 Å². The fourth-order valence-electron chi connectivity index (χ4n) is 3.37. The van der Waals surface area contributed by atoms with Crippen LogP contribution in [0.2, 0.25) is 0 Å². The summed E-state index contributed by atoms with van der Waals surface area (Å²) in [6.07, 6.45) is 4.45. The standard InChI is InChI=1S/C21H18BrN3O6S/c1-2-31-21(28)17-14-5-3-4-6-16(14)32-20(17)24-19(27)12(10-23)7-11-8-13(25(29)30)9-15(22)18(11)26/h7-9,26H,2-6H2,1H3,(H,24,27)/b12-7+. The van der Waals surface area contributed by atoms with E-state index in [2.05, 4.69) is 21.2 Å². The number of amides is 1. The molecule has 0 spiro atoms. The average Bonchev–Trinajstić information content (AvgIpc) is 3.12. The van der Waals surface area contributed by atoms with Gasteiger partial charge in [-0.3, -0.25) is 14.9 Å². The van der Waals surface area contributed by atoms with Gasteiger partial charge in [0.05, 0.1) is 21.6 Å². The highest BCUT2D eigenvalue weighted by Gasteiger charge is 2.28. The Bertz CT molecular complexity index is 1180. The number of phenolic OH excluding ortho intramolecular Hbond substituents is 1. The summed E-state index contributed by atoms with van der Waals surface area (Å²) < 4.78 is 5.20. The lowest BCUT2D eigenvalue weighted by atomic mass is 9.95. The molecule has 1 amide bonds. The number of rotatable bonds is 6. The number of benzene rings is 1. The van der Waals surface area contributed by atoms with Crippen LogP contribution in [0.25, 0.3) is 6.08 Å². The molecule has 1 aromatic heterocycles. The summed E-state index contributed by atoms with van der Waals surface area (Å²) in [6.45, 7) is 1.87. The molecule has 1 aliphatic rings. The third-order valence-electron chi connectivity index (χ3n) is 4.83. The number of nitrogens with zero attached hydrogens (tertiary/aromatic N) is 2. The first kappa shape index (κ1) is 23.4. The van der Waals surface area contributed by atoms with Crippen molar-refractivity contribution in [1.29, 1.82) is 5.26 Å². The van der Waals surface area contributed by atoms with Gasteiger partial charge in [0.15, 0.2) is 0 Å². The molecule has 0 atom stereocenters. The summed E-state index contributed by atoms with van der Waals surface area (Å²) >= 11 is 4.30. The van der Waals surface area contributed by atoms with Crippen LogP contribution in [0.1, 0.15) is 46.1 Å². The first-order chi connectivity index (χ1) is 15.3. The van der Waals surface area contributed by atoms with E-state index in [1.54, 1.807) is 13.0 Å². The van der Waals surface area contributed by atoms with Gasteiger partial charge in [0.2, 0.25) is 0 Å². The van der Waals surface area contributed by atoms with Gasteiger partial charge >= 0.3 is 5.97 Å². The number of aryl methyl sites for hydroxylation is 1. The Balaban J connectivity index is 1.98. The summed E-state index contributed by atoms with van der Waals surface area (Å²) in [4.78, 5) is 36.8. The highest BCUT2D eigenvalue weighted by atomic mass is 79.9.